The molecule has 1 aromatic heterocycles. The van der Waals surface area contributed by atoms with Gasteiger partial charge in [0.2, 0.25) is 0 Å². The van der Waals surface area contributed by atoms with Crippen LogP contribution in [0, 0.1) is 3.57 Å². The minimum atomic E-state index is 0.867. The maximum absolute atomic E-state index is 4.60. The predicted molar refractivity (Wildman–Crippen MR) is 77.6 cm³/mol. The van der Waals surface area contributed by atoms with Gasteiger partial charge in [-0.25, -0.2) is 4.98 Å². The first-order valence-electron chi connectivity index (χ1n) is 5.20. The van der Waals surface area contributed by atoms with Crippen LogP contribution in [0.2, 0.25) is 0 Å². The van der Waals surface area contributed by atoms with E-state index in [1.807, 2.05) is 0 Å². The molecule has 0 aliphatic rings. The Labute approximate surface area is 113 Å². The number of aromatic nitrogens is 1. The second kappa shape index (κ2) is 5.75. The van der Waals surface area contributed by atoms with Crippen molar-refractivity contribution >= 4 is 33.9 Å². The molecule has 0 bridgehead atoms. The van der Waals surface area contributed by atoms with Crippen LogP contribution >= 0.6 is 33.9 Å². The fourth-order valence-electron chi connectivity index (χ4n) is 1.38. The van der Waals surface area contributed by atoms with Gasteiger partial charge in [0, 0.05) is 21.1 Å². The molecule has 0 unspecified atom stereocenters. The Morgan fingerprint density at radius 2 is 2.06 bits per heavy atom. The summed E-state index contributed by atoms with van der Waals surface area (Å²) >= 11 is 4.02. The van der Waals surface area contributed by atoms with Crippen LogP contribution in [0.3, 0.4) is 0 Å². The van der Waals surface area contributed by atoms with E-state index in [9.17, 15) is 0 Å². The Balaban J connectivity index is 2.15. The topological polar surface area (TPSA) is 24.9 Å². The highest BCUT2D eigenvalue weighted by Crippen LogP contribution is 2.22. The SMILES string of the molecule is CCNCc1nc(-c2ccc(I)cc2)cs1. The fourth-order valence-corrected chi connectivity index (χ4v) is 2.51. The van der Waals surface area contributed by atoms with Crippen LogP contribution < -0.4 is 5.32 Å². The zero-order valence-electron chi connectivity index (χ0n) is 9.03. The molecule has 1 N–H and O–H groups in total. The molecule has 0 fully saturated rings. The first kappa shape index (κ1) is 12.0. The van der Waals surface area contributed by atoms with Crippen molar-refractivity contribution in [1.82, 2.24) is 10.3 Å². The number of benzene rings is 1. The van der Waals surface area contributed by atoms with Crippen molar-refractivity contribution in [3.8, 4) is 11.3 Å². The Morgan fingerprint density at radius 3 is 2.75 bits per heavy atom. The van der Waals surface area contributed by atoms with Crippen LogP contribution in [0.1, 0.15) is 11.9 Å². The van der Waals surface area contributed by atoms with E-state index in [1.165, 1.54) is 9.13 Å². The average molecular weight is 344 g/mol. The highest BCUT2D eigenvalue weighted by Gasteiger charge is 2.03. The molecule has 0 aliphatic heterocycles. The Kier molecular flexibility index (Phi) is 4.31. The van der Waals surface area contributed by atoms with Crippen LogP contribution in [0.25, 0.3) is 11.3 Å². The quantitative estimate of drug-likeness (QED) is 0.859. The molecule has 0 aliphatic carbocycles. The van der Waals surface area contributed by atoms with Gasteiger partial charge in [-0.15, -0.1) is 11.3 Å². The third-order valence-corrected chi connectivity index (χ3v) is 3.79. The van der Waals surface area contributed by atoms with Gasteiger partial charge in [0.1, 0.15) is 5.01 Å². The molecule has 0 spiro atoms. The molecule has 0 saturated heterocycles. The van der Waals surface area contributed by atoms with Gasteiger partial charge in [-0.05, 0) is 41.3 Å². The number of nitrogens with zero attached hydrogens (tertiary/aromatic N) is 1. The van der Waals surface area contributed by atoms with Crippen molar-refractivity contribution in [2.75, 3.05) is 6.54 Å². The highest BCUT2D eigenvalue weighted by atomic mass is 127. The molecular weight excluding hydrogens is 331 g/mol. The summed E-state index contributed by atoms with van der Waals surface area (Å²) in [4.78, 5) is 4.60. The van der Waals surface area contributed by atoms with Gasteiger partial charge >= 0.3 is 0 Å². The van der Waals surface area contributed by atoms with Crippen molar-refractivity contribution in [2.45, 2.75) is 13.5 Å². The van der Waals surface area contributed by atoms with Crippen molar-refractivity contribution in [1.29, 1.82) is 0 Å². The summed E-state index contributed by atoms with van der Waals surface area (Å²) < 4.78 is 1.25. The second-order valence-electron chi connectivity index (χ2n) is 3.41. The number of thiazole rings is 1. The monoisotopic (exact) mass is 344 g/mol. The van der Waals surface area contributed by atoms with Gasteiger partial charge in [-0.3, -0.25) is 0 Å². The van der Waals surface area contributed by atoms with Crippen molar-refractivity contribution < 1.29 is 0 Å². The smallest absolute Gasteiger partial charge is 0.107 e. The number of halogens is 1. The maximum Gasteiger partial charge on any atom is 0.107 e. The lowest BCUT2D eigenvalue weighted by molar-refractivity contribution is 0.723. The zero-order chi connectivity index (χ0) is 11.4. The van der Waals surface area contributed by atoms with E-state index < -0.39 is 0 Å². The van der Waals surface area contributed by atoms with E-state index in [-0.39, 0.29) is 0 Å². The Morgan fingerprint density at radius 1 is 1.31 bits per heavy atom. The van der Waals surface area contributed by atoms with Gasteiger partial charge in [-0.2, -0.15) is 0 Å². The van der Waals surface area contributed by atoms with Gasteiger partial charge in [0.25, 0.3) is 0 Å². The maximum atomic E-state index is 4.60. The first-order chi connectivity index (χ1) is 7.79. The lowest BCUT2D eigenvalue weighted by atomic mass is 10.2. The molecular formula is C12H13IN2S. The van der Waals surface area contributed by atoms with Crippen molar-refractivity contribution in [3.63, 3.8) is 0 Å². The van der Waals surface area contributed by atoms with E-state index in [0.717, 1.165) is 23.8 Å². The largest absolute Gasteiger partial charge is 0.311 e. The Hall–Kier alpha value is -0.460. The lowest BCUT2D eigenvalue weighted by Crippen LogP contribution is -2.11. The summed E-state index contributed by atoms with van der Waals surface area (Å²) in [5.41, 5.74) is 2.27. The minimum absolute atomic E-state index is 0.867. The number of hydrogen-bond acceptors (Lipinski definition) is 3. The summed E-state index contributed by atoms with van der Waals surface area (Å²) in [5, 5.41) is 6.55. The first-order valence-corrected chi connectivity index (χ1v) is 7.16. The predicted octanol–water partition coefficient (Wildman–Crippen LogP) is 3.52. The van der Waals surface area contributed by atoms with Crippen molar-refractivity contribution in [2.24, 2.45) is 0 Å². The van der Waals surface area contributed by atoms with Crippen LogP contribution in [0.4, 0.5) is 0 Å². The Bertz CT molecular complexity index is 450. The molecule has 4 heteroatoms. The summed E-state index contributed by atoms with van der Waals surface area (Å²) in [5.74, 6) is 0. The van der Waals surface area contributed by atoms with Gasteiger partial charge in [0.15, 0.2) is 0 Å². The van der Waals surface area contributed by atoms with Crippen molar-refractivity contribution in [3.05, 3.63) is 38.2 Å². The summed E-state index contributed by atoms with van der Waals surface area (Å²) in [7, 11) is 0. The highest BCUT2D eigenvalue weighted by molar-refractivity contribution is 14.1. The molecule has 0 atom stereocenters. The molecule has 2 rings (SSSR count). The van der Waals surface area contributed by atoms with Gasteiger partial charge in [0.05, 0.1) is 5.69 Å². The standard InChI is InChI=1S/C12H13IN2S/c1-2-14-7-12-15-11(8-16-12)9-3-5-10(13)6-4-9/h3-6,8,14H,2,7H2,1H3. The minimum Gasteiger partial charge on any atom is -0.311 e. The molecule has 2 nitrogen and oxygen atoms in total. The molecule has 0 radical (unpaired) electrons. The van der Waals surface area contributed by atoms with E-state index in [4.69, 9.17) is 0 Å². The van der Waals surface area contributed by atoms with E-state index in [2.05, 4.69) is 69.5 Å². The molecule has 2 aromatic rings. The van der Waals surface area contributed by atoms with Gasteiger partial charge < -0.3 is 5.32 Å². The zero-order valence-corrected chi connectivity index (χ0v) is 12.0. The van der Waals surface area contributed by atoms with E-state index in [1.54, 1.807) is 11.3 Å². The molecule has 16 heavy (non-hydrogen) atoms. The summed E-state index contributed by atoms with van der Waals surface area (Å²) in [6, 6.07) is 8.46. The molecule has 1 heterocycles. The third-order valence-electron chi connectivity index (χ3n) is 2.22. The fraction of sp³-hybridized carbons (Fsp3) is 0.250. The average Bonchev–Trinajstić information content (AvgIpc) is 2.76. The van der Waals surface area contributed by atoms with Crippen LogP contribution in [-0.2, 0) is 6.54 Å². The van der Waals surface area contributed by atoms with Gasteiger partial charge in [-0.1, -0.05) is 19.1 Å². The lowest BCUT2D eigenvalue weighted by Gasteiger charge is -1.97. The number of rotatable bonds is 4. The number of nitrogens with one attached hydrogen (secondary N) is 1. The second-order valence-corrected chi connectivity index (χ2v) is 5.60. The molecule has 0 saturated carbocycles. The van der Waals surface area contributed by atoms with Crippen LogP contribution in [0.15, 0.2) is 29.6 Å². The molecule has 1 aromatic carbocycles. The molecule has 0 amide bonds. The number of hydrogen-bond donors (Lipinski definition) is 1. The van der Waals surface area contributed by atoms with Crippen LogP contribution in [0.5, 0.6) is 0 Å². The normalized spacial score (nSPS) is 10.6. The van der Waals surface area contributed by atoms with Crippen LogP contribution in [-0.4, -0.2) is 11.5 Å². The summed E-state index contributed by atoms with van der Waals surface area (Å²) in [6.07, 6.45) is 0. The summed E-state index contributed by atoms with van der Waals surface area (Å²) in [6.45, 7) is 3.96. The third kappa shape index (κ3) is 3.02. The van der Waals surface area contributed by atoms with E-state index in [0.29, 0.717) is 0 Å². The van der Waals surface area contributed by atoms with E-state index >= 15 is 0 Å². The molecule has 84 valence electrons.